The van der Waals surface area contributed by atoms with Crippen LogP contribution in [0, 0.1) is 5.82 Å². The van der Waals surface area contributed by atoms with E-state index in [0.29, 0.717) is 12.8 Å². The molecule has 0 spiro atoms. The van der Waals surface area contributed by atoms with Gasteiger partial charge in [-0.15, -0.1) is 0 Å². The SMILES string of the molecule is CCCCCCN(C)C(=O)CC/C(=N/Nc1ccccc1)c1ccc(F)cc1. The molecule has 5 heteroatoms. The largest absolute Gasteiger partial charge is 0.346 e. The lowest BCUT2D eigenvalue weighted by Crippen LogP contribution is -2.28. The quantitative estimate of drug-likeness (QED) is 0.318. The van der Waals surface area contributed by atoms with Crippen molar-refractivity contribution in [3.63, 3.8) is 0 Å². The van der Waals surface area contributed by atoms with Crippen molar-refractivity contribution >= 4 is 17.3 Å². The Morgan fingerprint density at radius 1 is 1.00 bits per heavy atom. The minimum atomic E-state index is -0.290. The zero-order valence-corrected chi connectivity index (χ0v) is 16.8. The normalized spacial score (nSPS) is 11.3. The number of unbranched alkanes of at least 4 members (excludes halogenated alkanes) is 3. The molecule has 28 heavy (non-hydrogen) atoms. The van der Waals surface area contributed by atoms with Crippen LogP contribution in [0.5, 0.6) is 0 Å². The van der Waals surface area contributed by atoms with Crippen molar-refractivity contribution in [2.75, 3.05) is 19.0 Å². The molecule has 0 unspecified atom stereocenters. The predicted octanol–water partition coefficient (Wildman–Crippen LogP) is 5.46. The molecule has 0 bridgehead atoms. The molecular weight excluding hydrogens is 353 g/mol. The Labute approximate surface area is 167 Å². The van der Waals surface area contributed by atoms with Crippen LogP contribution in [0.4, 0.5) is 10.1 Å². The van der Waals surface area contributed by atoms with Crippen molar-refractivity contribution in [3.8, 4) is 0 Å². The van der Waals surface area contributed by atoms with E-state index in [0.717, 1.165) is 36.3 Å². The van der Waals surface area contributed by atoms with Gasteiger partial charge in [-0.3, -0.25) is 10.2 Å². The molecule has 0 fully saturated rings. The van der Waals surface area contributed by atoms with Gasteiger partial charge in [-0.2, -0.15) is 5.10 Å². The van der Waals surface area contributed by atoms with Gasteiger partial charge in [0.05, 0.1) is 11.4 Å². The van der Waals surface area contributed by atoms with Crippen LogP contribution in [0.15, 0.2) is 59.7 Å². The molecule has 2 rings (SSSR count). The number of hydrogen-bond donors (Lipinski definition) is 1. The maximum absolute atomic E-state index is 13.3. The Balaban J connectivity index is 1.99. The number of nitrogens with zero attached hydrogens (tertiary/aromatic N) is 2. The summed E-state index contributed by atoms with van der Waals surface area (Å²) < 4.78 is 13.3. The van der Waals surface area contributed by atoms with Gasteiger partial charge in [0.2, 0.25) is 5.91 Å². The molecule has 1 amide bonds. The molecular formula is C23H30FN3O. The van der Waals surface area contributed by atoms with E-state index in [1.54, 1.807) is 17.0 Å². The molecule has 0 radical (unpaired) electrons. The maximum Gasteiger partial charge on any atom is 0.222 e. The van der Waals surface area contributed by atoms with Crippen LogP contribution in [-0.4, -0.2) is 30.1 Å². The second kappa shape index (κ2) is 11.9. The van der Waals surface area contributed by atoms with Crippen LogP contribution in [0.2, 0.25) is 0 Å². The van der Waals surface area contributed by atoms with Crippen LogP contribution < -0.4 is 5.43 Å². The highest BCUT2D eigenvalue weighted by molar-refractivity contribution is 6.02. The van der Waals surface area contributed by atoms with E-state index >= 15 is 0 Å². The molecule has 1 N–H and O–H groups in total. The van der Waals surface area contributed by atoms with E-state index in [1.165, 1.54) is 25.0 Å². The number of carbonyl (C=O) groups excluding carboxylic acids is 1. The summed E-state index contributed by atoms with van der Waals surface area (Å²) in [5, 5.41) is 4.49. The van der Waals surface area contributed by atoms with Gasteiger partial charge >= 0.3 is 0 Å². The number of amides is 1. The molecule has 2 aromatic rings. The lowest BCUT2D eigenvalue weighted by molar-refractivity contribution is -0.129. The Morgan fingerprint density at radius 2 is 1.71 bits per heavy atom. The fourth-order valence-corrected chi connectivity index (χ4v) is 2.87. The highest BCUT2D eigenvalue weighted by Crippen LogP contribution is 2.12. The summed E-state index contributed by atoms with van der Waals surface area (Å²) >= 11 is 0. The van der Waals surface area contributed by atoms with Crippen LogP contribution in [-0.2, 0) is 4.79 Å². The van der Waals surface area contributed by atoms with Gasteiger partial charge in [0.25, 0.3) is 0 Å². The van der Waals surface area contributed by atoms with E-state index in [9.17, 15) is 9.18 Å². The molecule has 0 aliphatic heterocycles. The standard InChI is InChI=1S/C23H30FN3O/c1-3-4-5-9-18-27(2)23(28)17-16-22(19-12-14-20(24)15-13-19)26-25-21-10-7-6-8-11-21/h6-8,10-15,25H,3-5,9,16-18H2,1-2H3/b26-22-. The summed E-state index contributed by atoms with van der Waals surface area (Å²) in [6, 6.07) is 15.8. The Hall–Kier alpha value is -2.69. The first-order valence-corrected chi connectivity index (χ1v) is 9.97. The molecule has 0 saturated heterocycles. The smallest absolute Gasteiger partial charge is 0.222 e. The van der Waals surface area contributed by atoms with Gasteiger partial charge < -0.3 is 4.90 Å². The van der Waals surface area contributed by atoms with Crippen molar-refractivity contribution in [3.05, 3.63) is 66.0 Å². The summed E-state index contributed by atoms with van der Waals surface area (Å²) in [5.41, 5.74) is 5.43. The highest BCUT2D eigenvalue weighted by atomic mass is 19.1. The van der Waals surface area contributed by atoms with Crippen LogP contribution in [0.1, 0.15) is 51.0 Å². The van der Waals surface area contributed by atoms with Gasteiger partial charge in [-0.25, -0.2) is 4.39 Å². The van der Waals surface area contributed by atoms with Crippen molar-refractivity contribution in [2.24, 2.45) is 5.10 Å². The van der Waals surface area contributed by atoms with Crippen molar-refractivity contribution in [1.82, 2.24) is 4.90 Å². The van der Waals surface area contributed by atoms with E-state index in [-0.39, 0.29) is 11.7 Å². The molecule has 2 aromatic carbocycles. The highest BCUT2D eigenvalue weighted by Gasteiger charge is 2.12. The second-order valence-corrected chi connectivity index (χ2v) is 6.92. The third-order valence-corrected chi connectivity index (χ3v) is 4.62. The van der Waals surface area contributed by atoms with Gasteiger partial charge in [0.1, 0.15) is 5.82 Å². The van der Waals surface area contributed by atoms with E-state index in [1.807, 2.05) is 37.4 Å². The van der Waals surface area contributed by atoms with E-state index in [4.69, 9.17) is 0 Å². The average molecular weight is 384 g/mol. The monoisotopic (exact) mass is 383 g/mol. The maximum atomic E-state index is 13.3. The van der Waals surface area contributed by atoms with Crippen LogP contribution in [0.3, 0.4) is 0 Å². The van der Waals surface area contributed by atoms with Crippen LogP contribution >= 0.6 is 0 Å². The van der Waals surface area contributed by atoms with Crippen molar-refractivity contribution < 1.29 is 9.18 Å². The predicted molar refractivity (Wildman–Crippen MR) is 114 cm³/mol. The summed E-state index contributed by atoms with van der Waals surface area (Å²) in [6.07, 6.45) is 5.43. The molecule has 0 aliphatic rings. The Morgan fingerprint density at radius 3 is 2.39 bits per heavy atom. The molecule has 4 nitrogen and oxygen atoms in total. The van der Waals surface area contributed by atoms with Gasteiger partial charge in [-0.05, 0) is 36.2 Å². The zero-order valence-electron chi connectivity index (χ0n) is 16.8. The average Bonchev–Trinajstić information content (AvgIpc) is 2.72. The van der Waals surface area contributed by atoms with E-state index in [2.05, 4.69) is 17.5 Å². The Bertz CT molecular complexity index is 744. The number of halogens is 1. The lowest BCUT2D eigenvalue weighted by atomic mass is 10.1. The molecule has 0 saturated carbocycles. The summed E-state index contributed by atoms with van der Waals surface area (Å²) in [6.45, 7) is 2.96. The molecule has 150 valence electrons. The first-order valence-electron chi connectivity index (χ1n) is 9.97. The Kier molecular flexibility index (Phi) is 9.19. The minimum Gasteiger partial charge on any atom is -0.346 e. The van der Waals surface area contributed by atoms with Crippen molar-refractivity contribution in [2.45, 2.75) is 45.4 Å². The summed E-state index contributed by atoms with van der Waals surface area (Å²) in [7, 11) is 1.85. The zero-order chi connectivity index (χ0) is 20.2. The fourth-order valence-electron chi connectivity index (χ4n) is 2.87. The number of hydrogen-bond acceptors (Lipinski definition) is 3. The molecule has 0 aromatic heterocycles. The van der Waals surface area contributed by atoms with Gasteiger partial charge in [0, 0.05) is 26.4 Å². The molecule has 0 atom stereocenters. The molecule has 0 heterocycles. The second-order valence-electron chi connectivity index (χ2n) is 6.92. The third kappa shape index (κ3) is 7.51. The number of anilines is 1. The lowest BCUT2D eigenvalue weighted by Gasteiger charge is -2.17. The number of rotatable bonds is 11. The number of nitrogens with one attached hydrogen (secondary N) is 1. The van der Waals surface area contributed by atoms with Crippen molar-refractivity contribution in [1.29, 1.82) is 0 Å². The fraction of sp³-hybridized carbons (Fsp3) is 0.391. The first-order chi connectivity index (χ1) is 13.6. The first kappa shape index (κ1) is 21.6. The number of hydrazone groups is 1. The minimum absolute atomic E-state index is 0.103. The molecule has 0 aliphatic carbocycles. The summed E-state index contributed by atoms with van der Waals surface area (Å²) in [4.78, 5) is 14.3. The van der Waals surface area contributed by atoms with Crippen LogP contribution in [0.25, 0.3) is 0 Å². The topological polar surface area (TPSA) is 44.7 Å². The number of benzene rings is 2. The summed E-state index contributed by atoms with van der Waals surface area (Å²) in [5.74, 6) is -0.187. The number of para-hydroxylation sites is 1. The third-order valence-electron chi connectivity index (χ3n) is 4.62. The number of carbonyl (C=O) groups is 1. The van der Waals surface area contributed by atoms with Gasteiger partial charge in [-0.1, -0.05) is 56.5 Å². The van der Waals surface area contributed by atoms with Gasteiger partial charge in [0.15, 0.2) is 0 Å². The van der Waals surface area contributed by atoms with E-state index < -0.39 is 0 Å².